The minimum Gasteiger partial charge on any atom is -0.480 e. The number of piperidine rings is 1. The Labute approximate surface area is 264 Å². The Bertz CT molecular complexity index is 1480. The van der Waals surface area contributed by atoms with Crippen molar-refractivity contribution in [2.45, 2.75) is 31.7 Å². The number of carbonyl (C=O) groups excluding carboxylic acids is 2. The summed E-state index contributed by atoms with van der Waals surface area (Å²) in [5, 5.41) is 14.8. The lowest BCUT2D eigenvalue weighted by Crippen LogP contribution is -2.48. The van der Waals surface area contributed by atoms with E-state index in [2.05, 4.69) is 43.2 Å². The number of aromatic nitrogens is 2. The first kappa shape index (κ1) is 32.9. The SMILES string of the molecule is O=C(NC(COCc1ccccc1)C(=O)O)C(=Cc1ccc(I)cc1)NC(=O)C1CCN(c2nccc(C(F)(F)F)n2)CC1. The molecule has 0 saturated carbocycles. The first-order chi connectivity index (χ1) is 21.0. The Balaban J connectivity index is 1.42. The average Bonchev–Trinajstić information content (AvgIpc) is 3.01. The minimum atomic E-state index is -4.61. The second kappa shape index (κ2) is 15.1. The van der Waals surface area contributed by atoms with Gasteiger partial charge < -0.3 is 25.4 Å². The monoisotopic (exact) mass is 723 g/mol. The largest absolute Gasteiger partial charge is 0.480 e. The summed E-state index contributed by atoms with van der Waals surface area (Å²) in [6.45, 7) is 0.285. The van der Waals surface area contributed by atoms with Gasteiger partial charge in [0.15, 0.2) is 6.04 Å². The van der Waals surface area contributed by atoms with Gasteiger partial charge in [-0.1, -0.05) is 42.5 Å². The van der Waals surface area contributed by atoms with Gasteiger partial charge in [0.1, 0.15) is 11.4 Å². The number of hydrogen-bond donors (Lipinski definition) is 3. The molecule has 1 fully saturated rings. The minimum absolute atomic E-state index is 0.0773. The topological polar surface area (TPSA) is 134 Å². The summed E-state index contributed by atoms with van der Waals surface area (Å²) in [6, 6.07) is 15.6. The van der Waals surface area contributed by atoms with Gasteiger partial charge in [0, 0.05) is 28.8 Å². The number of ether oxygens (including phenoxy) is 1. The van der Waals surface area contributed by atoms with E-state index in [1.165, 1.54) is 6.08 Å². The van der Waals surface area contributed by atoms with Crippen LogP contribution in [0.15, 0.2) is 72.6 Å². The Morgan fingerprint density at radius 2 is 1.75 bits per heavy atom. The van der Waals surface area contributed by atoms with Crippen LogP contribution in [0.2, 0.25) is 0 Å². The highest BCUT2D eigenvalue weighted by atomic mass is 127. The van der Waals surface area contributed by atoms with Gasteiger partial charge in [0.2, 0.25) is 11.9 Å². The van der Waals surface area contributed by atoms with E-state index >= 15 is 0 Å². The molecule has 2 aromatic carbocycles. The highest BCUT2D eigenvalue weighted by Gasteiger charge is 2.34. The Hall–Kier alpha value is -4.05. The van der Waals surface area contributed by atoms with E-state index in [4.69, 9.17) is 4.74 Å². The number of carboxylic acid groups (broad SMARTS) is 1. The number of amides is 2. The molecule has 1 aliphatic heterocycles. The molecule has 10 nitrogen and oxygen atoms in total. The third-order valence-corrected chi connectivity index (χ3v) is 7.48. The van der Waals surface area contributed by atoms with E-state index in [9.17, 15) is 32.7 Å². The summed E-state index contributed by atoms with van der Waals surface area (Å²) in [7, 11) is 0. The first-order valence-corrected chi connectivity index (χ1v) is 14.7. The molecule has 1 aliphatic rings. The van der Waals surface area contributed by atoms with Crippen LogP contribution in [0, 0.1) is 9.49 Å². The van der Waals surface area contributed by atoms with E-state index < -0.39 is 41.6 Å². The number of alkyl halides is 3. The summed E-state index contributed by atoms with van der Waals surface area (Å²) in [5.41, 5.74) is 0.220. The maximum Gasteiger partial charge on any atom is 0.433 e. The molecule has 1 unspecified atom stereocenters. The van der Waals surface area contributed by atoms with Crippen LogP contribution in [0.25, 0.3) is 6.08 Å². The maximum atomic E-state index is 13.3. The Morgan fingerprint density at radius 1 is 1.07 bits per heavy atom. The van der Waals surface area contributed by atoms with Crippen molar-refractivity contribution in [2.75, 3.05) is 24.6 Å². The molecule has 0 radical (unpaired) electrons. The molecule has 3 aromatic rings. The van der Waals surface area contributed by atoms with Crippen LogP contribution in [-0.2, 0) is 31.9 Å². The third kappa shape index (κ3) is 9.47. The van der Waals surface area contributed by atoms with Crippen molar-refractivity contribution < 1.29 is 37.4 Å². The van der Waals surface area contributed by atoms with E-state index in [1.807, 2.05) is 42.5 Å². The molecule has 232 valence electrons. The lowest BCUT2D eigenvalue weighted by Gasteiger charge is -2.31. The van der Waals surface area contributed by atoms with Crippen LogP contribution in [-0.4, -0.2) is 58.6 Å². The number of aliphatic carboxylic acids is 1. The number of halogens is 4. The van der Waals surface area contributed by atoms with Gasteiger partial charge in [-0.25, -0.2) is 14.8 Å². The number of carbonyl (C=O) groups is 3. The van der Waals surface area contributed by atoms with E-state index in [0.29, 0.717) is 5.56 Å². The highest BCUT2D eigenvalue weighted by Crippen LogP contribution is 2.29. The van der Waals surface area contributed by atoms with Crippen molar-refractivity contribution in [1.29, 1.82) is 0 Å². The molecule has 2 heterocycles. The van der Waals surface area contributed by atoms with Gasteiger partial charge >= 0.3 is 12.1 Å². The van der Waals surface area contributed by atoms with Crippen LogP contribution in [0.1, 0.15) is 29.7 Å². The van der Waals surface area contributed by atoms with Gasteiger partial charge in [-0.3, -0.25) is 9.59 Å². The first-order valence-electron chi connectivity index (χ1n) is 13.6. The van der Waals surface area contributed by atoms with Gasteiger partial charge in [0.05, 0.1) is 13.2 Å². The van der Waals surface area contributed by atoms with E-state index in [1.54, 1.807) is 17.0 Å². The molecular formula is C30H29F3IN5O5. The highest BCUT2D eigenvalue weighted by molar-refractivity contribution is 14.1. The molecule has 14 heteroatoms. The molecule has 2 amide bonds. The maximum absolute atomic E-state index is 13.3. The summed E-state index contributed by atoms with van der Waals surface area (Å²) in [5.74, 6) is -3.24. The lowest BCUT2D eigenvalue weighted by atomic mass is 9.96. The Kier molecular flexibility index (Phi) is 11.3. The number of anilines is 1. The zero-order valence-electron chi connectivity index (χ0n) is 23.3. The molecule has 4 rings (SSSR count). The zero-order valence-corrected chi connectivity index (χ0v) is 25.4. The third-order valence-electron chi connectivity index (χ3n) is 6.76. The molecule has 0 aliphatic carbocycles. The molecular weight excluding hydrogens is 694 g/mol. The van der Waals surface area contributed by atoms with Crippen molar-refractivity contribution in [3.63, 3.8) is 0 Å². The number of carboxylic acids is 1. The van der Waals surface area contributed by atoms with Gasteiger partial charge in [-0.05, 0) is 70.8 Å². The van der Waals surface area contributed by atoms with Crippen LogP contribution >= 0.6 is 22.6 Å². The predicted molar refractivity (Wildman–Crippen MR) is 163 cm³/mol. The van der Waals surface area contributed by atoms with Crippen LogP contribution in [0.3, 0.4) is 0 Å². The molecule has 3 N–H and O–H groups in total. The van der Waals surface area contributed by atoms with Crippen molar-refractivity contribution in [3.8, 4) is 0 Å². The van der Waals surface area contributed by atoms with Crippen LogP contribution in [0.4, 0.5) is 19.1 Å². The predicted octanol–water partition coefficient (Wildman–Crippen LogP) is 4.26. The molecule has 1 atom stereocenters. The van der Waals surface area contributed by atoms with E-state index in [0.717, 1.165) is 21.4 Å². The standard InChI is InChI=1S/C30H29F3IN5O5/c31-30(32,33)25-10-13-35-29(38-25)39-14-11-21(12-15-39)26(40)36-23(16-19-6-8-22(34)9-7-19)27(41)37-24(28(42)43)18-44-17-20-4-2-1-3-5-20/h1-10,13,16,21,24H,11-12,14-15,17-18H2,(H,36,40)(H,37,41)(H,42,43). The molecule has 0 bridgehead atoms. The quantitative estimate of drug-likeness (QED) is 0.198. The van der Waals surface area contributed by atoms with Crippen molar-refractivity contribution in [2.24, 2.45) is 5.92 Å². The fourth-order valence-electron chi connectivity index (χ4n) is 4.40. The molecule has 44 heavy (non-hydrogen) atoms. The average molecular weight is 723 g/mol. The molecule has 0 spiro atoms. The number of nitrogens with zero attached hydrogens (tertiary/aromatic N) is 3. The number of rotatable bonds is 11. The fraction of sp³-hybridized carbons (Fsp3) is 0.300. The normalized spacial score (nSPS) is 15.0. The summed E-state index contributed by atoms with van der Waals surface area (Å²) >= 11 is 2.13. The second-order valence-electron chi connectivity index (χ2n) is 9.96. The van der Waals surface area contributed by atoms with Gasteiger partial charge in [-0.2, -0.15) is 13.2 Å². The lowest BCUT2D eigenvalue weighted by molar-refractivity contribution is -0.143. The fourth-order valence-corrected chi connectivity index (χ4v) is 4.76. The van der Waals surface area contributed by atoms with Crippen LogP contribution in [0.5, 0.6) is 0 Å². The van der Waals surface area contributed by atoms with Crippen molar-refractivity contribution in [3.05, 3.63) is 92.9 Å². The van der Waals surface area contributed by atoms with Crippen molar-refractivity contribution >= 4 is 52.4 Å². The smallest absolute Gasteiger partial charge is 0.433 e. The second-order valence-corrected chi connectivity index (χ2v) is 11.2. The Morgan fingerprint density at radius 3 is 2.39 bits per heavy atom. The summed E-state index contributed by atoms with van der Waals surface area (Å²) in [4.78, 5) is 47.6. The molecule has 1 aromatic heterocycles. The number of benzene rings is 2. The van der Waals surface area contributed by atoms with Gasteiger partial charge in [0.25, 0.3) is 5.91 Å². The van der Waals surface area contributed by atoms with Crippen LogP contribution < -0.4 is 15.5 Å². The zero-order chi connectivity index (χ0) is 31.7. The summed E-state index contributed by atoms with van der Waals surface area (Å²) < 4.78 is 45.7. The number of hydrogen-bond acceptors (Lipinski definition) is 7. The summed E-state index contributed by atoms with van der Waals surface area (Å²) in [6.07, 6.45) is -1.58. The van der Waals surface area contributed by atoms with Gasteiger partial charge in [-0.15, -0.1) is 0 Å². The molecule has 1 saturated heterocycles. The van der Waals surface area contributed by atoms with E-state index in [-0.39, 0.29) is 50.8 Å². The van der Waals surface area contributed by atoms with Crippen molar-refractivity contribution in [1.82, 2.24) is 20.6 Å². The number of nitrogens with one attached hydrogen (secondary N) is 2.